The van der Waals surface area contributed by atoms with E-state index in [0.717, 1.165) is 10.9 Å². The Morgan fingerprint density at radius 3 is 2.83 bits per heavy atom. The first-order chi connectivity index (χ1) is 8.72. The number of ether oxygens (including phenoxy) is 1. The van der Waals surface area contributed by atoms with Crippen LogP contribution in [0.5, 0.6) is 6.01 Å². The number of hydrogen-bond donors (Lipinski definition) is 1. The van der Waals surface area contributed by atoms with Crippen molar-refractivity contribution in [2.45, 2.75) is 13.3 Å². The molecule has 0 spiro atoms. The van der Waals surface area contributed by atoms with E-state index >= 15 is 0 Å². The molecule has 0 unspecified atom stereocenters. The lowest BCUT2D eigenvalue weighted by molar-refractivity contribution is 0.291. The van der Waals surface area contributed by atoms with Gasteiger partial charge in [-0.2, -0.15) is 20.1 Å². The van der Waals surface area contributed by atoms with Crippen molar-refractivity contribution < 1.29 is 4.74 Å². The molecule has 0 saturated heterocycles. The molecule has 2 heterocycles. The highest BCUT2D eigenvalue weighted by molar-refractivity contribution is 9.10. The van der Waals surface area contributed by atoms with Gasteiger partial charge in [-0.05, 0) is 22.4 Å². The van der Waals surface area contributed by atoms with Crippen LogP contribution in [0.1, 0.15) is 13.3 Å². The van der Waals surface area contributed by atoms with E-state index in [-0.39, 0.29) is 6.01 Å². The molecular weight excluding hydrogens is 300 g/mol. The second kappa shape index (κ2) is 5.76. The summed E-state index contributed by atoms with van der Waals surface area (Å²) in [5.41, 5.74) is 0. The van der Waals surface area contributed by atoms with E-state index in [0.29, 0.717) is 18.5 Å². The molecule has 7 nitrogen and oxygen atoms in total. The molecule has 0 atom stereocenters. The maximum Gasteiger partial charge on any atom is 0.323 e. The summed E-state index contributed by atoms with van der Waals surface area (Å²) >= 11 is 3.32. The van der Waals surface area contributed by atoms with E-state index in [4.69, 9.17) is 4.74 Å². The Morgan fingerprint density at radius 1 is 1.39 bits per heavy atom. The van der Waals surface area contributed by atoms with Gasteiger partial charge in [-0.1, -0.05) is 6.92 Å². The number of nitrogens with one attached hydrogen (secondary N) is 1. The normalized spacial score (nSPS) is 10.4. The summed E-state index contributed by atoms with van der Waals surface area (Å²) in [6.45, 7) is 2.58. The fraction of sp³-hybridized carbons (Fsp3) is 0.400. The molecule has 0 aliphatic rings. The highest BCUT2D eigenvalue weighted by Gasteiger charge is 2.09. The predicted molar refractivity (Wildman–Crippen MR) is 70.0 cm³/mol. The predicted octanol–water partition coefficient (Wildman–Crippen LogP) is 1.65. The van der Waals surface area contributed by atoms with Crippen molar-refractivity contribution in [3.63, 3.8) is 0 Å². The van der Waals surface area contributed by atoms with E-state index in [1.54, 1.807) is 24.1 Å². The lowest BCUT2D eigenvalue weighted by Gasteiger charge is -2.06. The Kier molecular flexibility index (Phi) is 4.08. The zero-order valence-corrected chi connectivity index (χ0v) is 11.7. The Hall–Kier alpha value is -1.70. The second-order valence-electron chi connectivity index (χ2n) is 3.44. The molecule has 2 aromatic heterocycles. The minimum Gasteiger partial charge on any atom is -0.463 e. The van der Waals surface area contributed by atoms with E-state index in [9.17, 15) is 0 Å². The van der Waals surface area contributed by atoms with Crippen LogP contribution in [0, 0.1) is 0 Å². The summed E-state index contributed by atoms with van der Waals surface area (Å²) in [6, 6.07) is 0.290. The molecule has 18 heavy (non-hydrogen) atoms. The fourth-order valence-electron chi connectivity index (χ4n) is 1.23. The van der Waals surface area contributed by atoms with Crippen LogP contribution in [0.15, 0.2) is 16.9 Å². The highest BCUT2D eigenvalue weighted by Crippen LogP contribution is 2.13. The average molecular weight is 313 g/mol. The number of aromatic nitrogens is 5. The molecule has 0 aliphatic carbocycles. The maximum absolute atomic E-state index is 5.41. The number of hydrogen-bond acceptors (Lipinski definition) is 6. The van der Waals surface area contributed by atoms with Gasteiger partial charge in [0.2, 0.25) is 5.95 Å². The molecule has 0 bridgehead atoms. The van der Waals surface area contributed by atoms with Crippen molar-refractivity contribution in [2.24, 2.45) is 0 Å². The van der Waals surface area contributed by atoms with Gasteiger partial charge in [-0.3, -0.25) is 0 Å². The third-order valence-corrected chi connectivity index (χ3v) is 2.43. The maximum atomic E-state index is 5.41. The molecular formula is C10H13BrN6O. The number of halogens is 1. The lowest BCUT2D eigenvalue weighted by Crippen LogP contribution is -2.09. The summed E-state index contributed by atoms with van der Waals surface area (Å²) in [5.74, 6) is 0.851. The van der Waals surface area contributed by atoms with Gasteiger partial charge in [0.05, 0.1) is 17.3 Å². The minimum atomic E-state index is 0.290. The lowest BCUT2D eigenvalue weighted by atomic mass is 10.5. The van der Waals surface area contributed by atoms with E-state index in [1.165, 1.54) is 0 Å². The number of rotatable bonds is 5. The van der Waals surface area contributed by atoms with Crippen LogP contribution in [-0.4, -0.2) is 38.4 Å². The van der Waals surface area contributed by atoms with Crippen molar-refractivity contribution in [1.29, 1.82) is 0 Å². The van der Waals surface area contributed by atoms with E-state index < -0.39 is 0 Å². The fourth-order valence-corrected chi connectivity index (χ4v) is 1.51. The molecule has 0 fully saturated rings. The summed E-state index contributed by atoms with van der Waals surface area (Å²) in [5, 5.41) is 6.98. The summed E-state index contributed by atoms with van der Waals surface area (Å²) in [7, 11) is 1.74. The van der Waals surface area contributed by atoms with Crippen molar-refractivity contribution >= 4 is 21.9 Å². The first-order valence-corrected chi connectivity index (χ1v) is 6.29. The van der Waals surface area contributed by atoms with Crippen LogP contribution in [-0.2, 0) is 0 Å². The average Bonchev–Trinajstić information content (AvgIpc) is 2.82. The first-order valence-electron chi connectivity index (χ1n) is 5.50. The SMILES string of the molecule is CCCOc1nc(NC)nc(-n2cc(Br)cn2)n1. The summed E-state index contributed by atoms with van der Waals surface area (Å²) < 4.78 is 7.81. The Labute approximate surface area is 113 Å². The topological polar surface area (TPSA) is 77.8 Å². The molecule has 0 saturated carbocycles. The Bertz CT molecular complexity index is 529. The van der Waals surface area contributed by atoms with Crippen LogP contribution in [0.3, 0.4) is 0 Å². The van der Waals surface area contributed by atoms with E-state index in [2.05, 4.69) is 41.3 Å². The van der Waals surface area contributed by atoms with Gasteiger partial charge in [0, 0.05) is 13.2 Å². The van der Waals surface area contributed by atoms with Gasteiger partial charge < -0.3 is 10.1 Å². The van der Waals surface area contributed by atoms with Crippen molar-refractivity contribution in [3.05, 3.63) is 16.9 Å². The largest absolute Gasteiger partial charge is 0.463 e. The third kappa shape index (κ3) is 2.95. The van der Waals surface area contributed by atoms with Crippen LogP contribution < -0.4 is 10.1 Å². The zero-order valence-electron chi connectivity index (χ0n) is 10.1. The van der Waals surface area contributed by atoms with Gasteiger partial charge in [0.25, 0.3) is 5.95 Å². The molecule has 0 aromatic carbocycles. The molecule has 0 aliphatic heterocycles. The smallest absolute Gasteiger partial charge is 0.323 e. The Morgan fingerprint density at radius 2 is 2.22 bits per heavy atom. The summed E-state index contributed by atoms with van der Waals surface area (Å²) in [6.07, 6.45) is 4.32. The monoisotopic (exact) mass is 312 g/mol. The number of nitrogens with zero attached hydrogens (tertiary/aromatic N) is 5. The quantitative estimate of drug-likeness (QED) is 0.904. The number of anilines is 1. The van der Waals surface area contributed by atoms with Crippen LogP contribution in [0.2, 0.25) is 0 Å². The minimum absolute atomic E-state index is 0.290. The molecule has 2 rings (SSSR count). The third-order valence-electron chi connectivity index (χ3n) is 2.02. The van der Waals surface area contributed by atoms with Crippen LogP contribution >= 0.6 is 15.9 Å². The standard InChI is InChI=1S/C10H13BrN6O/c1-3-4-18-10-15-8(12-2)14-9(16-10)17-6-7(11)5-13-17/h5-6H,3-4H2,1-2H3,(H,12,14,15,16). The van der Waals surface area contributed by atoms with E-state index in [1.807, 2.05) is 6.92 Å². The van der Waals surface area contributed by atoms with Gasteiger partial charge in [0.15, 0.2) is 0 Å². The zero-order chi connectivity index (χ0) is 13.0. The van der Waals surface area contributed by atoms with Crippen molar-refractivity contribution in [2.75, 3.05) is 19.0 Å². The molecule has 8 heteroatoms. The van der Waals surface area contributed by atoms with Crippen molar-refractivity contribution in [3.8, 4) is 12.0 Å². The van der Waals surface area contributed by atoms with Gasteiger partial charge in [-0.25, -0.2) is 4.68 Å². The van der Waals surface area contributed by atoms with Crippen LogP contribution in [0.4, 0.5) is 5.95 Å². The molecule has 0 amide bonds. The van der Waals surface area contributed by atoms with Gasteiger partial charge in [-0.15, -0.1) is 0 Å². The first kappa shape index (κ1) is 12.7. The van der Waals surface area contributed by atoms with Crippen molar-refractivity contribution in [1.82, 2.24) is 24.7 Å². The highest BCUT2D eigenvalue weighted by atomic mass is 79.9. The Balaban J connectivity index is 2.34. The summed E-state index contributed by atoms with van der Waals surface area (Å²) in [4.78, 5) is 12.5. The molecule has 2 aromatic rings. The molecule has 0 radical (unpaired) electrons. The molecule has 96 valence electrons. The van der Waals surface area contributed by atoms with Gasteiger partial charge in [0.1, 0.15) is 0 Å². The van der Waals surface area contributed by atoms with Crippen LogP contribution in [0.25, 0.3) is 5.95 Å². The second-order valence-corrected chi connectivity index (χ2v) is 4.36. The van der Waals surface area contributed by atoms with Gasteiger partial charge >= 0.3 is 6.01 Å². The molecule has 1 N–H and O–H groups in total.